The van der Waals surface area contributed by atoms with E-state index in [2.05, 4.69) is 10.6 Å². The predicted molar refractivity (Wildman–Crippen MR) is 75.1 cm³/mol. The van der Waals surface area contributed by atoms with Crippen LogP contribution in [0.25, 0.3) is 6.08 Å². The molecule has 0 radical (unpaired) electrons. The molecule has 0 aliphatic carbocycles. The molecule has 0 aromatic carbocycles. The quantitative estimate of drug-likeness (QED) is 0.644. The van der Waals surface area contributed by atoms with Gasteiger partial charge in [0.15, 0.2) is 5.11 Å². The number of hydrogen-bond acceptors (Lipinski definition) is 4. The van der Waals surface area contributed by atoms with E-state index in [-0.39, 0.29) is 12.6 Å². The van der Waals surface area contributed by atoms with Crippen molar-refractivity contribution >= 4 is 29.4 Å². The van der Waals surface area contributed by atoms with Crippen LogP contribution in [0.3, 0.4) is 0 Å². The number of esters is 1. The zero-order chi connectivity index (χ0) is 13.7. The predicted octanol–water partition coefficient (Wildman–Crippen LogP) is 1.59. The van der Waals surface area contributed by atoms with E-state index in [9.17, 15) is 4.79 Å². The Morgan fingerprint density at radius 2 is 2.47 bits per heavy atom. The molecule has 5 nitrogen and oxygen atoms in total. The van der Waals surface area contributed by atoms with Crippen LogP contribution < -0.4 is 10.6 Å². The maximum absolute atomic E-state index is 11.8. The summed E-state index contributed by atoms with van der Waals surface area (Å²) < 4.78 is 10.3. The van der Waals surface area contributed by atoms with E-state index in [1.807, 2.05) is 6.07 Å². The van der Waals surface area contributed by atoms with E-state index in [1.54, 1.807) is 31.4 Å². The van der Waals surface area contributed by atoms with E-state index in [1.165, 1.54) is 0 Å². The molecule has 0 saturated carbocycles. The fourth-order valence-electron chi connectivity index (χ4n) is 1.58. The molecule has 1 aliphatic heterocycles. The highest BCUT2D eigenvalue weighted by Gasteiger charge is 2.19. The summed E-state index contributed by atoms with van der Waals surface area (Å²) in [5, 5.41) is 6.29. The van der Waals surface area contributed by atoms with Gasteiger partial charge in [0.1, 0.15) is 12.4 Å². The van der Waals surface area contributed by atoms with Crippen molar-refractivity contribution in [2.75, 3.05) is 13.2 Å². The van der Waals surface area contributed by atoms with Gasteiger partial charge in [0, 0.05) is 5.70 Å². The molecule has 6 heteroatoms. The van der Waals surface area contributed by atoms with Gasteiger partial charge < -0.3 is 19.8 Å². The van der Waals surface area contributed by atoms with Crippen molar-refractivity contribution in [1.82, 2.24) is 10.6 Å². The lowest BCUT2D eigenvalue weighted by molar-refractivity contribution is -0.137. The summed E-state index contributed by atoms with van der Waals surface area (Å²) in [7, 11) is 0. The Bertz CT molecular complexity index is 532. The van der Waals surface area contributed by atoms with Crippen molar-refractivity contribution in [3.8, 4) is 0 Å². The first-order valence-corrected chi connectivity index (χ1v) is 6.19. The number of nitrogens with one attached hydrogen (secondary N) is 2. The third kappa shape index (κ3) is 3.69. The van der Waals surface area contributed by atoms with E-state index < -0.39 is 0 Å². The molecular formula is C13H14N2O3S. The summed E-state index contributed by atoms with van der Waals surface area (Å²) in [6.07, 6.45) is 5.06. The van der Waals surface area contributed by atoms with Crippen molar-refractivity contribution in [1.29, 1.82) is 0 Å². The zero-order valence-corrected chi connectivity index (χ0v) is 11.3. The van der Waals surface area contributed by atoms with Gasteiger partial charge in [-0.3, -0.25) is 0 Å². The average molecular weight is 278 g/mol. The number of ether oxygens (including phenoxy) is 1. The summed E-state index contributed by atoms with van der Waals surface area (Å²) >= 11 is 4.94. The van der Waals surface area contributed by atoms with Gasteiger partial charge in [0.05, 0.1) is 18.4 Å². The number of allylic oxidation sites excluding steroid dienone is 1. The maximum atomic E-state index is 11.8. The van der Waals surface area contributed by atoms with Crippen LogP contribution in [0.5, 0.6) is 0 Å². The van der Waals surface area contributed by atoms with Crippen LogP contribution in [0.4, 0.5) is 0 Å². The standard InChI is InChI=1S/C13H14N2O3S/c1-9-11(8-14-13(19)15-9)12(16)18-7-3-5-10-4-2-6-17-10/h2-6H,7-8H2,1H3,(H2,14,15,19). The molecule has 2 N–H and O–H groups in total. The fourth-order valence-corrected chi connectivity index (χ4v) is 1.80. The lowest BCUT2D eigenvalue weighted by Gasteiger charge is -2.20. The number of rotatable bonds is 4. The second-order valence-corrected chi connectivity index (χ2v) is 4.34. The molecule has 0 fully saturated rings. The third-order valence-corrected chi connectivity index (χ3v) is 2.81. The number of thiocarbonyl (C=S) groups is 1. The first-order valence-electron chi connectivity index (χ1n) is 5.78. The van der Waals surface area contributed by atoms with Crippen LogP contribution in [0.15, 0.2) is 40.2 Å². The van der Waals surface area contributed by atoms with Crippen LogP contribution >= 0.6 is 12.2 Å². The molecule has 1 aliphatic rings. The van der Waals surface area contributed by atoms with E-state index in [0.717, 1.165) is 11.5 Å². The number of hydrogen-bond donors (Lipinski definition) is 2. The molecule has 0 atom stereocenters. The van der Waals surface area contributed by atoms with Gasteiger partial charge in [-0.1, -0.05) is 0 Å². The van der Waals surface area contributed by atoms with Crippen LogP contribution in [0.2, 0.25) is 0 Å². The molecule has 0 amide bonds. The average Bonchev–Trinajstić information content (AvgIpc) is 2.87. The van der Waals surface area contributed by atoms with Gasteiger partial charge >= 0.3 is 5.97 Å². The Hall–Kier alpha value is -2.08. The highest BCUT2D eigenvalue weighted by molar-refractivity contribution is 7.80. The first kappa shape index (κ1) is 13.4. The van der Waals surface area contributed by atoms with Crippen molar-refractivity contribution in [2.24, 2.45) is 0 Å². The Labute approximate surface area is 116 Å². The van der Waals surface area contributed by atoms with Crippen LogP contribution in [0.1, 0.15) is 12.7 Å². The molecule has 0 spiro atoms. The molecule has 1 aromatic rings. The summed E-state index contributed by atoms with van der Waals surface area (Å²) in [4.78, 5) is 11.8. The van der Waals surface area contributed by atoms with Gasteiger partial charge in [-0.25, -0.2) is 4.79 Å². The third-order valence-electron chi connectivity index (χ3n) is 2.56. The normalized spacial score (nSPS) is 15.3. The van der Waals surface area contributed by atoms with Crippen molar-refractivity contribution in [2.45, 2.75) is 6.92 Å². The second-order valence-electron chi connectivity index (χ2n) is 3.93. The Morgan fingerprint density at radius 1 is 1.63 bits per heavy atom. The number of carbonyl (C=O) groups is 1. The summed E-state index contributed by atoms with van der Waals surface area (Å²) in [5.41, 5.74) is 1.28. The van der Waals surface area contributed by atoms with Gasteiger partial charge in [-0.15, -0.1) is 0 Å². The molecule has 2 heterocycles. The van der Waals surface area contributed by atoms with Crippen molar-refractivity contribution in [3.63, 3.8) is 0 Å². The van der Waals surface area contributed by atoms with Gasteiger partial charge in [0.2, 0.25) is 0 Å². The van der Waals surface area contributed by atoms with E-state index in [0.29, 0.717) is 17.2 Å². The minimum Gasteiger partial charge on any atom is -0.465 e. The minimum atomic E-state index is -0.357. The molecular weight excluding hydrogens is 264 g/mol. The molecule has 0 saturated heterocycles. The van der Waals surface area contributed by atoms with E-state index in [4.69, 9.17) is 21.4 Å². The summed E-state index contributed by atoms with van der Waals surface area (Å²) in [6, 6.07) is 3.61. The maximum Gasteiger partial charge on any atom is 0.337 e. The fraction of sp³-hybridized carbons (Fsp3) is 0.231. The Morgan fingerprint density at radius 3 is 3.16 bits per heavy atom. The topological polar surface area (TPSA) is 63.5 Å². The van der Waals surface area contributed by atoms with Gasteiger partial charge in [0.25, 0.3) is 0 Å². The minimum absolute atomic E-state index is 0.195. The lowest BCUT2D eigenvalue weighted by atomic mass is 10.2. The van der Waals surface area contributed by atoms with E-state index >= 15 is 0 Å². The Kier molecular flexibility index (Phi) is 4.35. The Balaban J connectivity index is 1.85. The van der Waals surface area contributed by atoms with Crippen LogP contribution in [-0.2, 0) is 9.53 Å². The van der Waals surface area contributed by atoms with Crippen LogP contribution in [0, 0.1) is 0 Å². The molecule has 19 heavy (non-hydrogen) atoms. The van der Waals surface area contributed by atoms with Gasteiger partial charge in [-0.05, 0) is 43.4 Å². The highest BCUT2D eigenvalue weighted by Crippen LogP contribution is 2.07. The smallest absolute Gasteiger partial charge is 0.337 e. The molecule has 0 unspecified atom stereocenters. The van der Waals surface area contributed by atoms with Crippen LogP contribution in [-0.4, -0.2) is 24.2 Å². The largest absolute Gasteiger partial charge is 0.465 e. The molecule has 100 valence electrons. The first-order chi connectivity index (χ1) is 9.16. The van der Waals surface area contributed by atoms with Crippen molar-refractivity contribution in [3.05, 3.63) is 41.5 Å². The monoisotopic (exact) mass is 278 g/mol. The lowest BCUT2D eigenvalue weighted by Crippen LogP contribution is -2.42. The molecule has 2 rings (SSSR count). The SMILES string of the molecule is CC1=C(C(=O)OCC=Cc2ccco2)CNC(=S)N1. The summed E-state index contributed by atoms with van der Waals surface area (Å²) in [6.45, 7) is 2.38. The number of carbonyl (C=O) groups excluding carboxylic acids is 1. The molecule has 0 bridgehead atoms. The molecule has 1 aromatic heterocycles. The van der Waals surface area contributed by atoms with Crippen molar-refractivity contribution < 1.29 is 13.9 Å². The van der Waals surface area contributed by atoms with Gasteiger partial charge in [-0.2, -0.15) is 0 Å². The second kappa shape index (κ2) is 6.19. The summed E-state index contributed by atoms with van der Waals surface area (Å²) in [5.74, 6) is 0.363. The highest BCUT2D eigenvalue weighted by atomic mass is 32.1. The zero-order valence-electron chi connectivity index (χ0n) is 10.4. The number of furan rings is 1.